The molecular formula is C16H23N. The molecule has 0 aliphatic heterocycles. The molecule has 0 aliphatic carbocycles. The molecule has 1 rings (SSSR count). The van der Waals surface area contributed by atoms with Gasteiger partial charge in [-0.3, -0.25) is 0 Å². The molecule has 2 unspecified atom stereocenters. The van der Waals surface area contributed by atoms with Crippen molar-refractivity contribution in [3.05, 3.63) is 61.2 Å². The van der Waals surface area contributed by atoms with Gasteiger partial charge in [-0.05, 0) is 24.8 Å². The molecule has 2 atom stereocenters. The molecule has 1 N–H and O–H groups in total. The summed E-state index contributed by atoms with van der Waals surface area (Å²) < 4.78 is 0. The fourth-order valence-electron chi connectivity index (χ4n) is 1.99. The molecule has 0 aliphatic rings. The lowest BCUT2D eigenvalue weighted by molar-refractivity contribution is 0.427. The molecule has 0 aromatic heterocycles. The molecule has 0 bridgehead atoms. The Hall–Kier alpha value is -1.34. The molecule has 0 spiro atoms. The van der Waals surface area contributed by atoms with E-state index in [9.17, 15) is 0 Å². The van der Waals surface area contributed by atoms with Crippen LogP contribution in [0.5, 0.6) is 0 Å². The summed E-state index contributed by atoms with van der Waals surface area (Å²) in [6, 6.07) is 11.4. The van der Waals surface area contributed by atoms with E-state index in [0.717, 1.165) is 19.3 Å². The maximum absolute atomic E-state index is 3.84. The average Bonchev–Trinajstić information content (AvgIpc) is 2.38. The van der Waals surface area contributed by atoms with Crippen LogP contribution in [0.4, 0.5) is 0 Å². The summed E-state index contributed by atoms with van der Waals surface area (Å²) in [5.74, 6) is 0. The number of rotatable bonds is 8. The molecule has 0 fully saturated rings. The number of hydrogen-bond acceptors (Lipinski definition) is 1. The minimum Gasteiger partial charge on any atom is -0.307 e. The van der Waals surface area contributed by atoms with Gasteiger partial charge in [-0.15, -0.1) is 13.2 Å². The second-order valence-electron chi connectivity index (χ2n) is 4.28. The van der Waals surface area contributed by atoms with Gasteiger partial charge in [0.05, 0.1) is 0 Å². The van der Waals surface area contributed by atoms with Gasteiger partial charge in [0.25, 0.3) is 0 Å². The lowest BCUT2D eigenvalue weighted by atomic mass is 10.0. The van der Waals surface area contributed by atoms with Gasteiger partial charge < -0.3 is 5.32 Å². The standard InChI is InChI=1S/C16H23N/c1-4-10-15(6-3)17-16(11-5-2)14-12-8-7-9-13-14/h4-5,7-9,12-13,15-17H,1-2,6,10-11H2,3H3. The normalized spacial score (nSPS) is 13.9. The predicted octanol–water partition coefficient (Wildman–Crippen LogP) is 4.25. The van der Waals surface area contributed by atoms with E-state index in [1.807, 2.05) is 12.2 Å². The van der Waals surface area contributed by atoms with Gasteiger partial charge >= 0.3 is 0 Å². The van der Waals surface area contributed by atoms with Crippen LogP contribution in [0.15, 0.2) is 55.6 Å². The van der Waals surface area contributed by atoms with E-state index < -0.39 is 0 Å². The molecule has 0 heterocycles. The largest absolute Gasteiger partial charge is 0.307 e. The van der Waals surface area contributed by atoms with Gasteiger partial charge in [-0.1, -0.05) is 49.4 Å². The summed E-state index contributed by atoms with van der Waals surface area (Å²) in [4.78, 5) is 0. The van der Waals surface area contributed by atoms with E-state index in [-0.39, 0.29) is 0 Å². The van der Waals surface area contributed by atoms with E-state index in [2.05, 4.69) is 55.7 Å². The third-order valence-corrected chi connectivity index (χ3v) is 2.99. The SMILES string of the molecule is C=CCC(CC)NC(CC=C)c1ccccc1. The van der Waals surface area contributed by atoms with E-state index in [1.165, 1.54) is 5.56 Å². The minimum absolute atomic E-state index is 0.360. The molecule has 92 valence electrons. The first-order valence-electron chi connectivity index (χ1n) is 6.34. The van der Waals surface area contributed by atoms with Crippen molar-refractivity contribution < 1.29 is 0 Å². The van der Waals surface area contributed by atoms with Crippen molar-refractivity contribution in [2.75, 3.05) is 0 Å². The van der Waals surface area contributed by atoms with Crippen molar-refractivity contribution in [3.63, 3.8) is 0 Å². The predicted molar refractivity (Wildman–Crippen MR) is 76.0 cm³/mol. The fourth-order valence-corrected chi connectivity index (χ4v) is 1.99. The minimum atomic E-state index is 0.360. The van der Waals surface area contributed by atoms with Crippen LogP contribution >= 0.6 is 0 Å². The second-order valence-corrected chi connectivity index (χ2v) is 4.28. The van der Waals surface area contributed by atoms with Crippen molar-refractivity contribution >= 4 is 0 Å². The summed E-state index contributed by atoms with van der Waals surface area (Å²) in [7, 11) is 0. The van der Waals surface area contributed by atoms with E-state index in [4.69, 9.17) is 0 Å². The maximum atomic E-state index is 3.84. The quantitative estimate of drug-likeness (QED) is 0.657. The lowest BCUT2D eigenvalue weighted by Crippen LogP contribution is -2.31. The Morgan fingerprint density at radius 3 is 2.29 bits per heavy atom. The van der Waals surface area contributed by atoms with Crippen LogP contribution in [0.3, 0.4) is 0 Å². The third-order valence-electron chi connectivity index (χ3n) is 2.99. The van der Waals surface area contributed by atoms with Crippen LogP contribution in [0.2, 0.25) is 0 Å². The van der Waals surface area contributed by atoms with Crippen LogP contribution in [-0.2, 0) is 0 Å². The molecule has 1 aromatic rings. The Balaban J connectivity index is 2.71. The molecule has 1 aromatic carbocycles. The topological polar surface area (TPSA) is 12.0 Å². The first-order chi connectivity index (χ1) is 8.31. The summed E-state index contributed by atoms with van der Waals surface area (Å²) in [6.07, 6.45) is 7.05. The van der Waals surface area contributed by atoms with Gasteiger partial charge in [-0.25, -0.2) is 0 Å². The Morgan fingerprint density at radius 1 is 1.12 bits per heavy atom. The van der Waals surface area contributed by atoms with E-state index in [0.29, 0.717) is 12.1 Å². The number of nitrogens with one attached hydrogen (secondary N) is 1. The number of hydrogen-bond donors (Lipinski definition) is 1. The fraction of sp³-hybridized carbons (Fsp3) is 0.375. The molecule has 0 amide bonds. The summed E-state index contributed by atoms with van der Waals surface area (Å²) in [6.45, 7) is 9.86. The lowest BCUT2D eigenvalue weighted by Gasteiger charge is -2.24. The molecule has 0 saturated heterocycles. The van der Waals surface area contributed by atoms with Crippen molar-refractivity contribution in [2.24, 2.45) is 0 Å². The van der Waals surface area contributed by atoms with Crippen molar-refractivity contribution in [1.82, 2.24) is 5.32 Å². The highest BCUT2D eigenvalue weighted by Gasteiger charge is 2.13. The highest BCUT2D eigenvalue weighted by atomic mass is 14.9. The van der Waals surface area contributed by atoms with Gasteiger partial charge in [0.2, 0.25) is 0 Å². The highest BCUT2D eigenvalue weighted by Crippen LogP contribution is 2.18. The first-order valence-corrected chi connectivity index (χ1v) is 6.34. The van der Waals surface area contributed by atoms with Gasteiger partial charge in [0, 0.05) is 12.1 Å². The molecule has 0 saturated carbocycles. The van der Waals surface area contributed by atoms with Crippen LogP contribution in [0.1, 0.15) is 37.8 Å². The Kier molecular flexibility index (Phi) is 6.34. The summed E-state index contributed by atoms with van der Waals surface area (Å²) in [5, 5.41) is 3.68. The first kappa shape index (κ1) is 13.7. The van der Waals surface area contributed by atoms with Crippen molar-refractivity contribution in [2.45, 2.75) is 38.3 Å². The van der Waals surface area contributed by atoms with Crippen molar-refractivity contribution in [3.8, 4) is 0 Å². The molecule has 0 radical (unpaired) electrons. The molecule has 1 nitrogen and oxygen atoms in total. The van der Waals surface area contributed by atoms with E-state index in [1.54, 1.807) is 0 Å². The Morgan fingerprint density at radius 2 is 1.76 bits per heavy atom. The van der Waals surface area contributed by atoms with Crippen LogP contribution in [0, 0.1) is 0 Å². The van der Waals surface area contributed by atoms with Gasteiger partial charge in [-0.2, -0.15) is 0 Å². The summed E-state index contributed by atoms with van der Waals surface area (Å²) >= 11 is 0. The zero-order valence-corrected chi connectivity index (χ0v) is 10.7. The molecular weight excluding hydrogens is 206 g/mol. The molecule has 1 heteroatoms. The second kappa shape index (κ2) is 7.86. The molecule has 17 heavy (non-hydrogen) atoms. The number of benzene rings is 1. The maximum Gasteiger partial charge on any atom is 0.0357 e. The Labute approximate surface area is 105 Å². The van der Waals surface area contributed by atoms with Crippen LogP contribution in [0.25, 0.3) is 0 Å². The zero-order chi connectivity index (χ0) is 12.5. The van der Waals surface area contributed by atoms with E-state index >= 15 is 0 Å². The highest BCUT2D eigenvalue weighted by molar-refractivity contribution is 5.19. The van der Waals surface area contributed by atoms with Crippen LogP contribution in [-0.4, -0.2) is 6.04 Å². The van der Waals surface area contributed by atoms with Gasteiger partial charge in [0.1, 0.15) is 0 Å². The van der Waals surface area contributed by atoms with Gasteiger partial charge in [0.15, 0.2) is 0 Å². The third kappa shape index (κ3) is 4.58. The monoisotopic (exact) mass is 229 g/mol. The van der Waals surface area contributed by atoms with Crippen molar-refractivity contribution in [1.29, 1.82) is 0 Å². The summed E-state index contributed by atoms with van der Waals surface area (Å²) in [5.41, 5.74) is 1.33. The Bertz CT molecular complexity index is 329. The average molecular weight is 229 g/mol. The smallest absolute Gasteiger partial charge is 0.0357 e. The zero-order valence-electron chi connectivity index (χ0n) is 10.7. The van der Waals surface area contributed by atoms with Crippen LogP contribution < -0.4 is 5.32 Å².